The van der Waals surface area contributed by atoms with Crippen LogP contribution in [0.15, 0.2) is 58.6 Å². The number of thioether (sulfide) groups is 1. The minimum atomic E-state index is -0.0639. The molecule has 3 heterocycles. The number of nitrogens with zero attached hydrogens (tertiary/aromatic N) is 3. The van der Waals surface area contributed by atoms with Crippen molar-refractivity contribution >= 4 is 49.4 Å². The number of carbonyl (C=O) groups is 1. The van der Waals surface area contributed by atoms with Gasteiger partial charge in [-0.3, -0.25) is 14.2 Å². The third kappa shape index (κ3) is 4.88. The van der Waals surface area contributed by atoms with Crippen molar-refractivity contribution in [3.05, 3.63) is 64.6 Å². The van der Waals surface area contributed by atoms with E-state index in [1.165, 1.54) is 47.9 Å². The van der Waals surface area contributed by atoms with E-state index in [2.05, 4.69) is 29.4 Å². The Labute approximate surface area is 206 Å². The van der Waals surface area contributed by atoms with E-state index in [-0.39, 0.29) is 29.2 Å². The SMILES string of the molecule is C[C@@H](Cn1c(SCC(=O)NC2CCCCC2)nc2c(sc3ncccc32)c1=O)c1ccccc1. The number of amides is 1. The van der Waals surface area contributed by atoms with Crippen LogP contribution in [0.3, 0.4) is 0 Å². The van der Waals surface area contributed by atoms with E-state index in [9.17, 15) is 9.59 Å². The molecule has 0 unspecified atom stereocenters. The number of hydrogen-bond donors (Lipinski definition) is 1. The largest absolute Gasteiger partial charge is 0.353 e. The van der Waals surface area contributed by atoms with E-state index in [0.29, 0.717) is 21.9 Å². The Balaban J connectivity index is 1.47. The Morgan fingerprint density at radius 3 is 2.76 bits per heavy atom. The lowest BCUT2D eigenvalue weighted by atomic mass is 9.95. The van der Waals surface area contributed by atoms with Gasteiger partial charge in [0.15, 0.2) is 5.16 Å². The third-order valence-electron chi connectivity index (χ3n) is 6.45. The summed E-state index contributed by atoms with van der Waals surface area (Å²) in [5.74, 6) is 0.376. The van der Waals surface area contributed by atoms with Crippen molar-refractivity contribution in [2.24, 2.45) is 0 Å². The first-order valence-electron chi connectivity index (χ1n) is 11.9. The van der Waals surface area contributed by atoms with Crippen LogP contribution in [0.2, 0.25) is 0 Å². The first-order chi connectivity index (χ1) is 16.6. The zero-order valence-corrected chi connectivity index (χ0v) is 20.8. The maximum atomic E-state index is 13.6. The average molecular weight is 493 g/mol. The molecular formula is C26H28N4O2S2. The van der Waals surface area contributed by atoms with Crippen molar-refractivity contribution in [3.8, 4) is 0 Å². The van der Waals surface area contributed by atoms with E-state index in [4.69, 9.17) is 4.98 Å². The third-order valence-corrected chi connectivity index (χ3v) is 8.51. The fraction of sp³-hybridized carbons (Fsp3) is 0.385. The summed E-state index contributed by atoms with van der Waals surface area (Å²) < 4.78 is 2.36. The second-order valence-corrected chi connectivity index (χ2v) is 10.9. The first-order valence-corrected chi connectivity index (χ1v) is 13.7. The lowest BCUT2D eigenvalue weighted by molar-refractivity contribution is -0.119. The second kappa shape index (κ2) is 10.3. The van der Waals surface area contributed by atoms with E-state index in [1.807, 2.05) is 30.3 Å². The molecule has 1 saturated carbocycles. The van der Waals surface area contributed by atoms with Crippen molar-refractivity contribution in [3.63, 3.8) is 0 Å². The number of hydrogen-bond acceptors (Lipinski definition) is 6. The average Bonchev–Trinajstić information content (AvgIpc) is 3.24. The highest BCUT2D eigenvalue weighted by Gasteiger charge is 2.21. The van der Waals surface area contributed by atoms with E-state index in [1.54, 1.807) is 10.8 Å². The maximum Gasteiger partial charge on any atom is 0.272 e. The number of pyridine rings is 1. The number of aromatic nitrogens is 3. The Morgan fingerprint density at radius 2 is 1.97 bits per heavy atom. The molecule has 5 rings (SSSR count). The Kier molecular flexibility index (Phi) is 6.97. The molecule has 1 N–H and O–H groups in total. The summed E-state index contributed by atoms with van der Waals surface area (Å²) in [6.45, 7) is 2.61. The molecule has 176 valence electrons. The minimum absolute atomic E-state index is 0.00532. The summed E-state index contributed by atoms with van der Waals surface area (Å²) >= 11 is 2.73. The zero-order valence-electron chi connectivity index (χ0n) is 19.2. The number of nitrogens with one attached hydrogen (secondary N) is 1. The molecule has 8 heteroatoms. The number of fused-ring (bicyclic) bond motifs is 3. The molecule has 1 atom stereocenters. The van der Waals surface area contributed by atoms with Gasteiger partial charge in [-0.25, -0.2) is 9.97 Å². The molecule has 3 aromatic heterocycles. The van der Waals surface area contributed by atoms with Crippen LogP contribution in [0.4, 0.5) is 0 Å². The van der Waals surface area contributed by atoms with Gasteiger partial charge in [-0.2, -0.15) is 0 Å². The quantitative estimate of drug-likeness (QED) is 0.278. The van der Waals surface area contributed by atoms with Gasteiger partial charge in [0.25, 0.3) is 5.56 Å². The number of thiophene rings is 1. The molecule has 0 radical (unpaired) electrons. The fourth-order valence-electron chi connectivity index (χ4n) is 4.62. The van der Waals surface area contributed by atoms with Gasteiger partial charge in [0.2, 0.25) is 5.91 Å². The Bertz CT molecular complexity index is 1360. The van der Waals surface area contributed by atoms with Crippen molar-refractivity contribution in [2.75, 3.05) is 5.75 Å². The molecule has 34 heavy (non-hydrogen) atoms. The molecule has 0 aliphatic heterocycles. The van der Waals surface area contributed by atoms with Crippen LogP contribution in [-0.2, 0) is 11.3 Å². The molecular weight excluding hydrogens is 464 g/mol. The van der Waals surface area contributed by atoms with Crippen LogP contribution >= 0.6 is 23.1 Å². The lowest BCUT2D eigenvalue weighted by Gasteiger charge is -2.22. The normalized spacial score (nSPS) is 15.6. The lowest BCUT2D eigenvalue weighted by Crippen LogP contribution is -2.37. The smallest absolute Gasteiger partial charge is 0.272 e. The van der Waals surface area contributed by atoms with Crippen LogP contribution in [0, 0.1) is 0 Å². The van der Waals surface area contributed by atoms with Crippen molar-refractivity contribution in [1.82, 2.24) is 19.9 Å². The highest BCUT2D eigenvalue weighted by Crippen LogP contribution is 2.31. The highest BCUT2D eigenvalue weighted by atomic mass is 32.2. The van der Waals surface area contributed by atoms with Gasteiger partial charge in [-0.05, 0) is 36.5 Å². The van der Waals surface area contributed by atoms with Crippen LogP contribution in [0.1, 0.15) is 50.5 Å². The standard InChI is InChI=1S/C26H28N4O2S2/c1-17(18-9-4-2-5-10-18)15-30-25(32)23-22(20-13-8-14-27-24(20)34-23)29-26(30)33-16-21(31)28-19-11-6-3-7-12-19/h2,4-5,8-10,13-14,17,19H,3,6-7,11-12,15-16H2,1H3,(H,28,31)/t17-/m0/s1. The van der Waals surface area contributed by atoms with Gasteiger partial charge < -0.3 is 5.32 Å². The van der Waals surface area contributed by atoms with Gasteiger partial charge in [-0.15, -0.1) is 11.3 Å². The summed E-state index contributed by atoms with van der Waals surface area (Å²) in [6, 6.07) is 14.3. The summed E-state index contributed by atoms with van der Waals surface area (Å²) in [6.07, 6.45) is 7.43. The molecule has 0 saturated heterocycles. The summed E-state index contributed by atoms with van der Waals surface area (Å²) in [5.41, 5.74) is 1.78. The molecule has 1 aliphatic carbocycles. The molecule has 0 spiro atoms. The van der Waals surface area contributed by atoms with Crippen LogP contribution in [-0.4, -0.2) is 32.2 Å². The Hall–Kier alpha value is -2.71. The monoisotopic (exact) mass is 492 g/mol. The van der Waals surface area contributed by atoms with Crippen molar-refractivity contribution in [2.45, 2.75) is 62.7 Å². The molecule has 6 nitrogen and oxygen atoms in total. The number of rotatable bonds is 7. The predicted molar refractivity (Wildman–Crippen MR) is 140 cm³/mol. The summed E-state index contributed by atoms with van der Waals surface area (Å²) in [4.78, 5) is 36.5. The van der Waals surface area contributed by atoms with Gasteiger partial charge in [0.1, 0.15) is 9.53 Å². The van der Waals surface area contributed by atoms with E-state index in [0.717, 1.165) is 23.1 Å². The fourth-order valence-corrected chi connectivity index (χ4v) is 6.46. The Morgan fingerprint density at radius 1 is 1.18 bits per heavy atom. The number of carbonyl (C=O) groups excluding carboxylic acids is 1. The van der Waals surface area contributed by atoms with Gasteiger partial charge >= 0.3 is 0 Å². The van der Waals surface area contributed by atoms with Crippen LogP contribution in [0.25, 0.3) is 20.4 Å². The first kappa shape index (κ1) is 23.1. The molecule has 1 aromatic carbocycles. The second-order valence-electron chi connectivity index (χ2n) is 8.95. The molecule has 0 bridgehead atoms. The molecule has 1 amide bonds. The number of benzene rings is 1. The molecule has 4 aromatic rings. The molecule has 1 aliphatic rings. The maximum absolute atomic E-state index is 13.6. The zero-order chi connectivity index (χ0) is 23.5. The summed E-state index contributed by atoms with van der Waals surface area (Å²) in [7, 11) is 0. The predicted octanol–water partition coefficient (Wildman–Crippen LogP) is 5.35. The van der Waals surface area contributed by atoms with Gasteiger partial charge in [0.05, 0.1) is 11.3 Å². The topological polar surface area (TPSA) is 76.9 Å². The van der Waals surface area contributed by atoms with Crippen LogP contribution < -0.4 is 10.9 Å². The van der Waals surface area contributed by atoms with Crippen molar-refractivity contribution in [1.29, 1.82) is 0 Å². The van der Waals surface area contributed by atoms with Crippen LogP contribution in [0.5, 0.6) is 0 Å². The van der Waals surface area contributed by atoms with E-state index >= 15 is 0 Å². The minimum Gasteiger partial charge on any atom is -0.353 e. The van der Waals surface area contributed by atoms with Gasteiger partial charge in [-0.1, -0.05) is 68.3 Å². The van der Waals surface area contributed by atoms with E-state index < -0.39 is 0 Å². The highest BCUT2D eigenvalue weighted by molar-refractivity contribution is 7.99. The summed E-state index contributed by atoms with van der Waals surface area (Å²) in [5, 5.41) is 4.64. The van der Waals surface area contributed by atoms with Gasteiger partial charge in [0, 0.05) is 24.2 Å². The molecule has 1 fully saturated rings. The van der Waals surface area contributed by atoms with Crippen molar-refractivity contribution < 1.29 is 4.79 Å².